The summed E-state index contributed by atoms with van der Waals surface area (Å²) in [7, 11) is 1.62. The van der Waals surface area contributed by atoms with Crippen LogP contribution in [0.2, 0.25) is 0 Å². The zero-order chi connectivity index (χ0) is 16.9. The number of aliphatic hydroxyl groups is 1. The Kier molecular flexibility index (Phi) is 5.15. The van der Waals surface area contributed by atoms with Crippen LogP contribution in [0.1, 0.15) is 36.2 Å². The summed E-state index contributed by atoms with van der Waals surface area (Å²) in [5, 5.41) is 16.7. The summed E-state index contributed by atoms with van der Waals surface area (Å²) in [5.74, 6) is 0.684. The topological polar surface area (TPSA) is 78.5 Å². The fraction of sp³-hybridized carbons (Fsp3) is 0.444. The molecule has 6 heteroatoms. The summed E-state index contributed by atoms with van der Waals surface area (Å²) < 4.78 is 5.15. The second kappa shape index (κ2) is 7.49. The fourth-order valence-corrected chi connectivity index (χ4v) is 3.13. The molecule has 1 fully saturated rings. The number of H-pyrrole nitrogens is 1. The smallest absolute Gasteiger partial charge is 0.272 e. The van der Waals surface area contributed by atoms with E-state index in [1.54, 1.807) is 18.1 Å². The normalized spacial score (nSPS) is 18.2. The Morgan fingerprint density at radius 1 is 1.33 bits per heavy atom. The standard InChI is InChI=1S/C18H23N3O3/c1-24-15-8-6-13(7-9-15)16-11-17(20-19-16)18(23)21-10-4-2-3-5-14(21)12-22/h6-9,11,14,22H,2-5,10,12H2,1H3,(H,19,20)/t14-/m0/s1. The molecule has 1 atom stereocenters. The number of nitrogens with one attached hydrogen (secondary N) is 1. The van der Waals surface area contributed by atoms with Gasteiger partial charge in [0.2, 0.25) is 0 Å². The van der Waals surface area contributed by atoms with E-state index in [-0.39, 0.29) is 18.6 Å². The van der Waals surface area contributed by atoms with Crippen molar-refractivity contribution in [1.29, 1.82) is 0 Å². The molecule has 0 spiro atoms. The second-order valence-corrected chi connectivity index (χ2v) is 6.08. The zero-order valence-corrected chi connectivity index (χ0v) is 13.9. The number of ether oxygens (including phenoxy) is 1. The molecule has 2 heterocycles. The van der Waals surface area contributed by atoms with E-state index in [1.165, 1.54) is 0 Å². The third-order valence-electron chi connectivity index (χ3n) is 4.54. The Morgan fingerprint density at radius 3 is 2.83 bits per heavy atom. The van der Waals surface area contributed by atoms with E-state index in [2.05, 4.69) is 10.2 Å². The quantitative estimate of drug-likeness (QED) is 0.903. The molecule has 3 rings (SSSR count). The number of aromatic amines is 1. The van der Waals surface area contributed by atoms with Crippen LogP contribution >= 0.6 is 0 Å². The van der Waals surface area contributed by atoms with E-state index >= 15 is 0 Å². The van der Waals surface area contributed by atoms with Gasteiger partial charge in [-0.15, -0.1) is 0 Å². The highest BCUT2D eigenvalue weighted by Gasteiger charge is 2.27. The first-order valence-corrected chi connectivity index (χ1v) is 8.34. The van der Waals surface area contributed by atoms with Crippen LogP contribution in [0.3, 0.4) is 0 Å². The van der Waals surface area contributed by atoms with Gasteiger partial charge < -0.3 is 14.7 Å². The monoisotopic (exact) mass is 329 g/mol. The van der Waals surface area contributed by atoms with Crippen LogP contribution in [0.5, 0.6) is 5.75 Å². The first kappa shape index (κ1) is 16.5. The molecule has 2 aromatic rings. The molecule has 1 saturated heterocycles. The summed E-state index contributed by atoms with van der Waals surface area (Å²) in [5.41, 5.74) is 2.10. The van der Waals surface area contributed by atoms with E-state index in [0.717, 1.165) is 42.7 Å². The molecule has 0 aliphatic carbocycles. The molecule has 1 aliphatic rings. The minimum atomic E-state index is -0.104. The number of nitrogens with zero attached hydrogens (tertiary/aromatic N) is 2. The van der Waals surface area contributed by atoms with Crippen molar-refractivity contribution in [3.05, 3.63) is 36.0 Å². The number of aromatic nitrogens is 2. The first-order valence-electron chi connectivity index (χ1n) is 8.34. The van der Waals surface area contributed by atoms with Crippen molar-refractivity contribution in [1.82, 2.24) is 15.1 Å². The highest BCUT2D eigenvalue weighted by atomic mass is 16.5. The van der Waals surface area contributed by atoms with Gasteiger partial charge in [0.1, 0.15) is 11.4 Å². The Hall–Kier alpha value is -2.34. The van der Waals surface area contributed by atoms with Crippen molar-refractivity contribution in [3.63, 3.8) is 0 Å². The van der Waals surface area contributed by atoms with Crippen molar-refractivity contribution in [2.24, 2.45) is 0 Å². The molecular formula is C18H23N3O3. The average Bonchev–Trinajstić information content (AvgIpc) is 3.00. The van der Waals surface area contributed by atoms with Crippen molar-refractivity contribution in [3.8, 4) is 17.0 Å². The van der Waals surface area contributed by atoms with Crippen molar-refractivity contribution < 1.29 is 14.6 Å². The van der Waals surface area contributed by atoms with Gasteiger partial charge in [0.25, 0.3) is 5.91 Å². The number of benzene rings is 1. The first-order chi connectivity index (χ1) is 11.7. The lowest BCUT2D eigenvalue weighted by Crippen LogP contribution is -2.42. The van der Waals surface area contributed by atoms with Gasteiger partial charge >= 0.3 is 0 Å². The molecule has 24 heavy (non-hydrogen) atoms. The number of amides is 1. The Labute approximate surface area is 141 Å². The zero-order valence-electron chi connectivity index (χ0n) is 13.9. The summed E-state index contributed by atoms with van der Waals surface area (Å²) in [4.78, 5) is 14.6. The molecule has 1 amide bonds. The molecule has 128 valence electrons. The van der Waals surface area contributed by atoms with Gasteiger partial charge in [0.15, 0.2) is 0 Å². The largest absolute Gasteiger partial charge is 0.497 e. The molecule has 6 nitrogen and oxygen atoms in total. The van der Waals surface area contributed by atoms with Crippen LogP contribution in [-0.4, -0.2) is 52.4 Å². The lowest BCUT2D eigenvalue weighted by Gasteiger charge is -2.28. The predicted octanol–water partition coefficient (Wildman–Crippen LogP) is 2.46. The number of hydrogen-bond acceptors (Lipinski definition) is 4. The fourth-order valence-electron chi connectivity index (χ4n) is 3.13. The van der Waals surface area contributed by atoms with Gasteiger partial charge in [0, 0.05) is 12.1 Å². The van der Waals surface area contributed by atoms with E-state index in [9.17, 15) is 9.90 Å². The highest BCUT2D eigenvalue weighted by Crippen LogP contribution is 2.23. The summed E-state index contributed by atoms with van der Waals surface area (Å²) >= 11 is 0. The number of aliphatic hydroxyl groups excluding tert-OH is 1. The summed E-state index contributed by atoms with van der Waals surface area (Å²) in [6.07, 6.45) is 3.97. The number of methoxy groups -OCH3 is 1. The second-order valence-electron chi connectivity index (χ2n) is 6.08. The summed E-state index contributed by atoms with van der Waals surface area (Å²) in [6.45, 7) is 0.687. The highest BCUT2D eigenvalue weighted by molar-refractivity contribution is 5.93. The van der Waals surface area contributed by atoms with E-state index in [0.29, 0.717) is 12.2 Å². The van der Waals surface area contributed by atoms with Gasteiger partial charge in [-0.2, -0.15) is 5.10 Å². The number of likely N-dealkylation sites (tertiary alicyclic amines) is 1. The van der Waals surface area contributed by atoms with Gasteiger partial charge in [-0.05, 0) is 43.2 Å². The predicted molar refractivity (Wildman–Crippen MR) is 91.0 cm³/mol. The number of carbonyl (C=O) groups is 1. The maximum atomic E-state index is 12.8. The summed E-state index contributed by atoms with van der Waals surface area (Å²) in [6, 6.07) is 9.21. The maximum absolute atomic E-state index is 12.8. The van der Waals surface area contributed by atoms with Crippen LogP contribution in [0, 0.1) is 0 Å². The minimum absolute atomic E-state index is 0.00517. The van der Waals surface area contributed by atoms with Crippen molar-refractivity contribution in [2.45, 2.75) is 31.7 Å². The van der Waals surface area contributed by atoms with Gasteiger partial charge in [-0.1, -0.05) is 12.8 Å². The third kappa shape index (κ3) is 3.43. The Morgan fingerprint density at radius 2 is 2.12 bits per heavy atom. The van der Waals surface area contributed by atoms with Crippen LogP contribution in [0.15, 0.2) is 30.3 Å². The van der Waals surface area contributed by atoms with Crippen LogP contribution < -0.4 is 4.74 Å². The molecule has 0 saturated carbocycles. The average molecular weight is 329 g/mol. The van der Waals surface area contributed by atoms with E-state index in [4.69, 9.17) is 4.74 Å². The molecule has 1 aromatic carbocycles. The Balaban J connectivity index is 1.79. The van der Waals surface area contributed by atoms with Gasteiger partial charge in [-0.25, -0.2) is 0 Å². The molecule has 1 aromatic heterocycles. The van der Waals surface area contributed by atoms with Crippen LogP contribution in [0.25, 0.3) is 11.3 Å². The van der Waals surface area contributed by atoms with Gasteiger partial charge in [0.05, 0.1) is 25.5 Å². The molecule has 0 bridgehead atoms. The van der Waals surface area contributed by atoms with Crippen LogP contribution in [0.4, 0.5) is 0 Å². The molecule has 2 N–H and O–H groups in total. The SMILES string of the molecule is COc1ccc(-c2cc(C(=O)N3CCCCC[C@H]3CO)[nH]n2)cc1. The molecule has 0 radical (unpaired) electrons. The maximum Gasteiger partial charge on any atom is 0.272 e. The van der Waals surface area contributed by atoms with E-state index < -0.39 is 0 Å². The minimum Gasteiger partial charge on any atom is -0.497 e. The lowest BCUT2D eigenvalue weighted by atomic mass is 10.1. The van der Waals surface area contributed by atoms with Crippen LogP contribution in [-0.2, 0) is 0 Å². The molecular weight excluding hydrogens is 306 g/mol. The van der Waals surface area contributed by atoms with Gasteiger partial charge in [-0.3, -0.25) is 9.89 Å². The van der Waals surface area contributed by atoms with Crippen molar-refractivity contribution >= 4 is 5.91 Å². The molecule has 1 aliphatic heterocycles. The van der Waals surface area contributed by atoms with E-state index in [1.807, 2.05) is 24.3 Å². The number of carbonyl (C=O) groups excluding carboxylic acids is 1. The van der Waals surface area contributed by atoms with Crippen molar-refractivity contribution in [2.75, 3.05) is 20.3 Å². The lowest BCUT2D eigenvalue weighted by molar-refractivity contribution is 0.0594. The molecule has 0 unspecified atom stereocenters. The number of rotatable bonds is 4. The Bertz CT molecular complexity index is 681. The third-order valence-corrected chi connectivity index (χ3v) is 4.54. The number of hydrogen-bond donors (Lipinski definition) is 2.